The normalized spacial score (nSPS) is 18.0. The minimum absolute atomic E-state index is 0.0241. The van der Waals surface area contributed by atoms with Crippen LogP contribution in [0.4, 0.5) is 8.78 Å². The summed E-state index contributed by atoms with van der Waals surface area (Å²) >= 11 is 5.85. The Bertz CT molecular complexity index is 362. The summed E-state index contributed by atoms with van der Waals surface area (Å²) in [7, 11) is 0. The molecule has 0 radical (unpaired) electrons. The van der Waals surface area contributed by atoms with E-state index in [1.165, 1.54) is 6.07 Å². The standard InChI is InChI=1S/C12H14ClF2N/c13-10-3-1-2-9(11(10)12(14)15)8-4-6-16-7-5-8/h1-3,8,12,16H,4-7H2. The molecule has 0 aliphatic carbocycles. The predicted octanol–water partition coefficient (Wildman–Crippen LogP) is 3.74. The van der Waals surface area contributed by atoms with E-state index in [1.54, 1.807) is 12.1 Å². The van der Waals surface area contributed by atoms with Crippen LogP contribution in [0.25, 0.3) is 0 Å². The molecule has 1 N–H and O–H groups in total. The second-order valence-electron chi connectivity index (χ2n) is 4.07. The molecular weight excluding hydrogens is 232 g/mol. The quantitative estimate of drug-likeness (QED) is 0.837. The highest BCUT2D eigenvalue weighted by Gasteiger charge is 2.23. The van der Waals surface area contributed by atoms with Crippen LogP contribution in [-0.4, -0.2) is 13.1 Å². The zero-order valence-corrected chi connectivity index (χ0v) is 9.61. The second-order valence-corrected chi connectivity index (χ2v) is 4.47. The number of nitrogens with one attached hydrogen (secondary N) is 1. The van der Waals surface area contributed by atoms with Crippen molar-refractivity contribution in [2.45, 2.75) is 25.2 Å². The number of rotatable bonds is 2. The van der Waals surface area contributed by atoms with E-state index in [1.807, 2.05) is 0 Å². The number of halogens is 3. The first-order valence-corrected chi connectivity index (χ1v) is 5.85. The van der Waals surface area contributed by atoms with E-state index < -0.39 is 6.43 Å². The molecule has 1 heterocycles. The maximum absolute atomic E-state index is 12.9. The molecular formula is C12H14ClF2N. The van der Waals surface area contributed by atoms with Crippen molar-refractivity contribution in [1.82, 2.24) is 5.32 Å². The molecule has 1 aromatic rings. The first kappa shape index (κ1) is 11.8. The summed E-state index contributed by atoms with van der Waals surface area (Å²) in [5, 5.41) is 3.41. The molecule has 1 saturated heterocycles. The molecule has 0 bridgehead atoms. The third kappa shape index (κ3) is 2.36. The van der Waals surface area contributed by atoms with E-state index in [0.717, 1.165) is 31.5 Å². The predicted molar refractivity (Wildman–Crippen MR) is 61.3 cm³/mol. The van der Waals surface area contributed by atoms with E-state index >= 15 is 0 Å². The van der Waals surface area contributed by atoms with Gasteiger partial charge < -0.3 is 5.32 Å². The number of hydrogen-bond donors (Lipinski definition) is 1. The largest absolute Gasteiger partial charge is 0.317 e. The lowest BCUT2D eigenvalue weighted by Crippen LogP contribution is -2.27. The van der Waals surface area contributed by atoms with Gasteiger partial charge in [0.25, 0.3) is 6.43 Å². The van der Waals surface area contributed by atoms with E-state index in [2.05, 4.69) is 5.32 Å². The lowest BCUT2D eigenvalue weighted by atomic mass is 9.87. The summed E-state index contributed by atoms with van der Waals surface area (Å²) in [4.78, 5) is 0. The zero-order chi connectivity index (χ0) is 11.5. The molecule has 1 aliphatic rings. The first-order valence-electron chi connectivity index (χ1n) is 5.47. The molecule has 2 rings (SSSR count). The van der Waals surface area contributed by atoms with Gasteiger partial charge in [0.15, 0.2) is 0 Å². The smallest absolute Gasteiger partial charge is 0.265 e. The Hall–Kier alpha value is -0.670. The molecule has 0 atom stereocenters. The average molecular weight is 246 g/mol. The molecule has 0 unspecified atom stereocenters. The fourth-order valence-corrected chi connectivity index (χ4v) is 2.54. The van der Waals surface area contributed by atoms with Gasteiger partial charge in [-0.15, -0.1) is 0 Å². The van der Waals surface area contributed by atoms with E-state index in [9.17, 15) is 8.78 Å². The summed E-state index contributed by atoms with van der Waals surface area (Å²) in [6, 6.07) is 5.07. The van der Waals surface area contributed by atoms with Gasteiger partial charge in [0, 0.05) is 10.6 Å². The second kappa shape index (κ2) is 5.11. The van der Waals surface area contributed by atoms with Gasteiger partial charge in [0.05, 0.1) is 0 Å². The Morgan fingerprint density at radius 3 is 2.56 bits per heavy atom. The summed E-state index contributed by atoms with van der Waals surface area (Å²) < 4.78 is 25.9. The zero-order valence-electron chi connectivity index (χ0n) is 8.85. The summed E-state index contributed by atoms with van der Waals surface area (Å²) in [6.07, 6.45) is -0.682. The van der Waals surface area contributed by atoms with Crippen molar-refractivity contribution in [1.29, 1.82) is 0 Å². The van der Waals surface area contributed by atoms with Crippen LogP contribution < -0.4 is 5.32 Å². The van der Waals surface area contributed by atoms with Crippen molar-refractivity contribution in [2.24, 2.45) is 0 Å². The number of piperidine rings is 1. The van der Waals surface area contributed by atoms with Crippen molar-refractivity contribution < 1.29 is 8.78 Å². The molecule has 1 nitrogen and oxygen atoms in total. The van der Waals surface area contributed by atoms with Crippen molar-refractivity contribution in [2.75, 3.05) is 13.1 Å². The number of hydrogen-bond acceptors (Lipinski definition) is 1. The Morgan fingerprint density at radius 1 is 1.25 bits per heavy atom. The Labute approximate surface area is 98.8 Å². The maximum Gasteiger partial charge on any atom is 0.265 e. The van der Waals surface area contributed by atoms with E-state index in [-0.39, 0.29) is 16.5 Å². The van der Waals surface area contributed by atoms with Crippen molar-refractivity contribution in [3.05, 3.63) is 34.3 Å². The SMILES string of the molecule is FC(F)c1c(Cl)cccc1C1CCNCC1. The molecule has 0 saturated carbocycles. The van der Waals surface area contributed by atoms with Crippen LogP contribution in [0.5, 0.6) is 0 Å². The maximum atomic E-state index is 12.9. The highest BCUT2D eigenvalue weighted by Crippen LogP contribution is 2.37. The fourth-order valence-electron chi connectivity index (χ4n) is 2.27. The van der Waals surface area contributed by atoms with Gasteiger partial charge in [0.2, 0.25) is 0 Å². The Morgan fingerprint density at radius 2 is 1.94 bits per heavy atom. The van der Waals surface area contributed by atoms with Crippen LogP contribution in [0.2, 0.25) is 5.02 Å². The molecule has 1 aromatic carbocycles. The summed E-state index contributed by atoms with van der Waals surface area (Å²) in [5.41, 5.74) is 0.750. The van der Waals surface area contributed by atoms with Gasteiger partial charge in [0.1, 0.15) is 0 Å². The molecule has 16 heavy (non-hydrogen) atoms. The molecule has 4 heteroatoms. The van der Waals surface area contributed by atoms with E-state index in [0.29, 0.717) is 0 Å². The lowest BCUT2D eigenvalue weighted by Gasteiger charge is -2.25. The average Bonchev–Trinajstić information content (AvgIpc) is 2.29. The van der Waals surface area contributed by atoms with Crippen LogP contribution >= 0.6 is 11.6 Å². The Kier molecular flexibility index (Phi) is 3.77. The van der Waals surface area contributed by atoms with Crippen LogP contribution in [0.1, 0.15) is 36.3 Å². The van der Waals surface area contributed by atoms with Crippen LogP contribution in [0.15, 0.2) is 18.2 Å². The fraction of sp³-hybridized carbons (Fsp3) is 0.500. The van der Waals surface area contributed by atoms with Gasteiger partial charge in [-0.2, -0.15) is 0 Å². The molecule has 88 valence electrons. The summed E-state index contributed by atoms with van der Waals surface area (Å²) in [6.45, 7) is 1.78. The minimum atomic E-state index is -2.49. The van der Waals surface area contributed by atoms with Gasteiger partial charge in [-0.05, 0) is 43.5 Å². The molecule has 0 aromatic heterocycles. The van der Waals surface area contributed by atoms with Crippen LogP contribution in [0, 0.1) is 0 Å². The number of benzene rings is 1. The van der Waals surface area contributed by atoms with Gasteiger partial charge in [-0.1, -0.05) is 23.7 Å². The van der Waals surface area contributed by atoms with Gasteiger partial charge in [-0.3, -0.25) is 0 Å². The van der Waals surface area contributed by atoms with Crippen molar-refractivity contribution in [3.8, 4) is 0 Å². The molecule has 1 fully saturated rings. The molecule has 1 aliphatic heterocycles. The molecule has 0 amide bonds. The summed E-state index contributed by atoms with van der Waals surface area (Å²) in [5.74, 6) is 0.212. The molecule has 0 spiro atoms. The van der Waals surface area contributed by atoms with E-state index in [4.69, 9.17) is 11.6 Å². The highest BCUT2D eigenvalue weighted by molar-refractivity contribution is 6.31. The van der Waals surface area contributed by atoms with Crippen molar-refractivity contribution in [3.63, 3.8) is 0 Å². The third-order valence-corrected chi connectivity index (χ3v) is 3.41. The lowest BCUT2D eigenvalue weighted by molar-refractivity contribution is 0.149. The number of alkyl halides is 2. The van der Waals surface area contributed by atoms with Crippen molar-refractivity contribution >= 4 is 11.6 Å². The van der Waals surface area contributed by atoms with Gasteiger partial charge in [-0.25, -0.2) is 8.78 Å². The first-order chi connectivity index (χ1) is 7.70. The topological polar surface area (TPSA) is 12.0 Å². The van der Waals surface area contributed by atoms with Gasteiger partial charge >= 0.3 is 0 Å². The minimum Gasteiger partial charge on any atom is -0.317 e. The van der Waals surface area contributed by atoms with Crippen LogP contribution in [-0.2, 0) is 0 Å². The third-order valence-electron chi connectivity index (χ3n) is 3.08. The van der Waals surface area contributed by atoms with Crippen LogP contribution in [0.3, 0.4) is 0 Å². The Balaban J connectivity index is 2.34. The highest BCUT2D eigenvalue weighted by atomic mass is 35.5. The monoisotopic (exact) mass is 245 g/mol.